The second kappa shape index (κ2) is 8.43. The molecule has 1 aromatic carbocycles. The van der Waals surface area contributed by atoms with Gasteiger partial charge in [0.15, 0.2) is 12.4 Å². The first-order valence-corrected chi connectivity index (χ1v) is 11.8. The van der Waals surface area contributed by atoms with Gasteiger partial charge in [0.25, 0.3) is 0 Å². The summed E-state index contributed by atoms with van der Waals surface area (Å²) >= 11 is 0. The van der Waals surface area contributed by atoms with Crippen LogP contribution in [0, 0.1) is 35.5 Å². The van der Waals surface area contributed by atoms with Gasteiger partial charge in [0.05, 0.1) is 18.9 Å². The summed E-state index contributed by atoms with van der Waals surface area (Å²) in [7, 11) is 1.54. The van der Waals surface area contributed by atoms with Crippen LogP contribution in [0.3, 0.4) is 0 Å². The standard InChI is InChI=1S/C26H29NO6/c1-3-4-5-20(26(31)33-13-21(28)14-6-8-15(32-2)9-7-14)27-24(29)22-16-10-11-17(19-12-18(16)19)23(22)25(27)30/h6-11,16-20,22-23H,3-5,12-13H2,1-2H3/t16-,17-,18-,19-,20+,22+,23+/m1/s1. The van der Waals surface area contributed by atoms with E-state index in [1.54, 1.807) is 24.3 Å². The van der Waals surface area contributed by atoms with Gasteiger partial charge in [0, 0.05) is 5.56 Å². The summed E-state index contributed by atoms with van der Waals surface area (Å²) in [4.78, 5) is 53.6. The normalized spacial score (nSPS) is 31.8. The van der Waals surface area contributed by atoms with Gasteiger partial charge < -0.3 is 9.47 Å². The molecule has 4 aliphatic carbocycles. The predicted octanol–water partition coefficient (Wildman–Crippen LogP) is 3.03. The number of amides is 2. The summed E-state index contributed by atoms with van der Waals surface area (Å²) in [5, 5.41) is 0. The third kappa shape index (κ3) is 3.58. The van der Waals surface area contributed by atoms with Gasteiger partial charge in [-0.15, -0.1) is 0 Å². The number of imide groups is 1. The van der Waals surface area contributed by atoms with E-state index < -0.39 is 18.6 Å². The number of hydrogen-bond acceptors (Lipinski definition) is 6. The molecule has 0 spiro atoms. The molecule has 174 valence electrons. The Balaban J connectivity index is 1.30. The summed E-state index contributed by atoms with van der Waals surface area (Å²) in [6, 6.07) is 5.56. The lowest BCUT2D eigenvalue weighted by Crippen LogP contribution is -2.47. The van der Waals surface area contributed by atoms with Gasteiger partial charge in [-0.25, -0.2) is 4.79 Å². The Morgan fingerprint density at radius 1 is 1.03 bits per heavy atom. The second-order valence-corrected chi connectivity index (χ2v) is 9.62. The van der Waals surface area contributed by atoms with Crippen LogP contribution in [0.1, 0.15) is 43.0 Å². The zero-order valence-corrected chi connectivity index (χ0v) is 18.9. The summed E-state index contributed by atoms with van der Waals surface area (Å²) in [5.41, 5.74) is 0.398. The number of hydrogen-bond donors (Lipinski definition) is 0. The highest BCUT2D eigenvalue weighted by Gasteiger charge is 2.67. The summed E-state index contributed by atoms with van der Waals surface area (Å²) < 4.78 is 10.4. The van der Waals surface area contributed by atoms with E-state index in [1.807, 2.05) is 6.92 Å². The quantitative estimate of drug-likeness (QED) is 0.248. The summed E-state index contributed by atoms with van der Waals surface area (Å²) in [6.45, 7) is 1.55. The van der Waals surface area contributed by atoms with Gasteiger partial charge in [0.2, 0.25) is 11.8 Å². The fraction of sp³-hybridized carbons (Fsp3) is 0.538. The third-order valence-electron chi connectivity index (χ3n) is 7.87. The van der Waals surface area contributed by atoms with Gasteiger partial charge in [0.1, 0.15) is 11.8 Å². The Labute approximate surface area is 193 Å². The van der Waals surface area contributed by atoms with Crippen molar-refractivity contribution in [2.24, 2.45) is 35.5 Å². The first-order chi connectivity index (χ1) is 16.0. The SMILES string of the molecule is CCCC[C@@H](C(=O)OCC(=O)c1ccc(OC)cc1)N1C(=O)[C@H]2[C@@H]3C=C[C@H]([C@H]4C[C@H]34)[C@@H]2C1=O. The van der Waals surface area contributed by atoms with Crippen molar-refractivity contribution >= 4 is 23.6 Å². The van der Waals surface area contributed by atoms with E-state index >= 15 is 0 Å². The van der Waals surface area contributed by atoms with Gasteiger partial charge >= 0.3 is 5.97 Å². The number of methoxy groups -OCH3 is 1. The lowest BCUT2D eigenvalue weighted by atomic mass is 9.63. The molecule has 0 unspecified atom stereocenters. The second-order valence-electron chi connectivity index (χ2n) is 9.62. The number of rotatable bonds is 9. The molecule has 0 aromatic heterocycles. The van der Waals surface area contributed by atoms with Crippen molar-refractivity contribution in [2.45, 2.75) is 38.6 Å². The minimum atomic E-state index is -0.977. The van der Waals surface area contributed by atoms with E-state index in [0.717, 1.165) is 12.8 Å². The number of benzene rings is 1. The fourth-order valence-electron chi connectivity index (χ4n) is 6.13. The van der Waals surface area contributed by atoms with Gasteiger partial charge in [-0.3, -0.25) is 19.3 Å². The van der Waals surface area contributed by atoms with E-state index in [-0.39, 0.29) is 41.3 Å². The molecule has 3 fully saturated rings. The van der Waals surface area contributed by atoms with Crippen molar-refractivity contribution in [3.8, 4) is 5.75 Å². The van der Waals surface area contributed by atoms with Crippen molar-refractivity contribution < 1.29 is 28.7 Å². The molecule has 2 amide bonds. The van der Waals surface area contributed by atoms with Gasteiger partial charge in [-0.1, -0.05) is 31.9 Å². The van der Waals surface area contributed by atoms with Crippen molar-refractivity contribution in [1.82, 2.24) is 4.90 Å². The lowest BCUT2D eigenvalue weighted by Gasteiger charge is -2.37. The number of carbonyl (C=O) groups excluding carboxylic acids is 4. The van der Waals surface area contributed by atoms with Crippen molar-refractivity contribution in [3.63, 3.8) is 0 Å². The number of ketones is 1. The topological polar surface area (TPSA) is 90.0 Å². The minimum absolute atomic E-state index is 0.103. The maximum Gasteiger partial charge on any atom is 0.329 e. The number of nitrogens with zero attached hydrogens (tertiary/aromatic N) is 1. The Bertz CT molecular complexity index is 978. The molecular weight excluding hydrogens is 422 g/mol. The zero-order valence-electron chi connectivity index (χ0n) is 18.9. The number of allylic oxidation sites excluding steroid dienone is 2. The van der Waals surface area contributed by atoms with Crippen LogP contribution in [0.4, 0.5) is 0 Å². The molecular formula is C26H29NO6. The van der Waals surface area contributed by atoms with E-state index in [9.17, 15) is 19.2 Å². The Kier molecular flexibility index (Phi) is 5.59. The van der Waals surface area contributed by atoms with Crippen LogP contribution in [-0.2, 0) is 19.1 Å². The van der Waals surface area contributed by atoms with Crippen LogP contribution in [0.25, 0.3) is 0 Å². The van der Waals surface area contributed by atoms with Crippen molar-refractivity contribution in [1.29, 1.82) is 0 Å². The first-order valence-electron chi connectivity index (χ1n) is 11.8. The minimum Gasteiger partial charge on any atom is -0.497 e. The summed E-state index contributed by atoms with van der Waals surface area (Å²) in [6.07, 6.45) is 7.15. The van der Waals surface area contributed by atoms with Crippen LogP contribution in [0.5, 0.6) is 5.75 Å². The molecule has 2 bridgehead atoms. The fourth-order valence-corrected chi connectivity index (χ4v) is 6.13. The number of unbranched alkanes of at least 4 members (excludes halogenated alkanes) is 1. The first kappa shape index (κ1) is 21.9. The monoisotopic (exact) mass is 451 g/mol. The molecule has 33 heavy (non-hydrogen) atoms. The molecule has 0 N–H and O–H groups in total. The largest absolute Gasteiger partial charge is 0.497 e. The average molecular weight is 452 g/mol. The maximum absolute atomic E-state index is 13.4. The molecule has 0 radical (unpaired) electrons. The van der Waals surface area contributed by atoms with Crippen molar-refractivity contribution in [2.75, 3.05) is 13.7 Å². The van der Waals surface area contributed by atoms with Gasteiger partial charge in [-0.05, 0) is 60.8 Å². The highest BCUT2D eigenvalue weighted by Crippen LogP contribution is 2.65. The highest BCUT2D eigenvalue weighted by molar-refractivity contribution is 6.09. The van der Waals surface area contributed by atoms with E-state index in [1.165, 1.54) is 12.0 Å². The van der Waals surface area contributed by atoms with Crippen LogP contribution >= 0.6 is 0 Å². The van der Waals surface area contributed by atoms with E-state index in [2.05, 4.69) is 12.2 Å². The molecule has 7 nitrogen and oxygen atoms in total. The number of esters is 1. The summed E-state index contributed by atoms with van der Waals surface area (Å²) in [5.74, 6) is -0.394. The molecule has 1 saturated heterocycles. The number of carbonyl (C=O) groups is 4. The van der Waals surface area contributed by atoms with Gasteiger partial charge in [-0.2, -0.15) is 0 Å². The molecule has 1 heterocycles. The Morgan fingerprint density at radius 2 is 1.64 bits per heavy atom. The molecule has 7 atom stereocenters. The predicted molar refractivity (Wildman–Crippen MR) is 118 cm³/mol. The average Bonchev–Trinajstić information content (AvgIpc) is 3.62. The molecule has 6 rings (SSSR count). The lowest BCUT2D eigenvalue weighted by molar-refractivity contribution is -0.158. The van der Waals surface area contributed by atoms with E-state index in [4.69, 9.17) is 9.47 Å². The van der Waals surface area contributed by atoms with Crippen LogP contribution in [0.2, 0.25) is 0 Å². The Hall–Kier alpha value is -2.96. The molecule has 7 heteroatoms. The van der Waals surface area contributed by atoms with Crippen molar-refractivity contribution in [3.05, 3.63) is 42.0 Å². The Morgan fingerprint density at radius 3 is 2.18 bits per heavy atom. The molecule has 1 aliphatic heterocycles. The van der Waals surface area contributed by atoms with Crippen LogP contribution in [0.15, 0.2) is 36.4 Å². The highest BCUT2D eigenvalue weighted by atomic mass is 16.5. The molecule has 1 aromatic rings. The smallest absolute Gasteiger partial charge is 0.329 e. The maximum atomic E-state index is 13.4. The number of ether oxygens (including phenoxy) is 2. The van der Waals surface area contributed by atoms with E-state index in [0.29, 0.717) is 36.0 Å². The third-order valence-corrected chi connectivity index (χ3v) is 7.87. The molecule has 5 aliphatic rings. The number of likely N-dealkylation sites (tertiary alicyclic amines) is 1. The number of Topliss-reactive ketones (excluding diaryl/α,β-unsaturated/α-hetero) is 1. The van der Waals surface area contributed by atoms with Crippen LogP contribution < -0.4 is 4.74 Å². The zero-order chi connectivity index (χ0) is 23.3. The molecule has 2 saturated carbocycles. The van der Waals surface area contributed by atoms with Crippen LogP contribution in [-0.4, -0.2) is 48.2 Å².